The number of hydrogen-bond acceptors (Lipinski definition) is 1. The highest BCUT2D eigenvalue weighted by Gasteiger charge is 2.06. The fourth-order valence-corrected chi connectivity index (χ4v) is 1.60. The zero-order valence-electron chi connectivity index (χ0n) is 5.43. The van der Waals surface area contributed by atoms with Gasteiger partial charge in [0, 0.05) is 3.92 Å². The van der Waals surface area contributed by atoms with Crippen molar-refractivity contribution in [3.8, 4) is 0 Å². The Hall–Kier alpha value is 0.200. The van der Waals surface area contributed by atoms with E-state index in [1.807, 2.05) is 0 Å². The van der Waals surface area contributed by atoms with Crippen molar-refractivity contribution >= 4 is 28.6 Å². The Morgan fingerprint density at radius 1 is 1.78 bits per heavy atom. The van der Waals surface area contributed by atoms with Crippen LogP contribution in [0.2, 0.25) is 0 Å². The molecule has 1 unspecified atom stereocenters. The number of carboxylic acids is 1. The third-order valence-electron chi connectivity index (χ3n) is 0.998. The lowest BCUT2D eigenvalue weighted by Gasteiger charge is -2.01. The van der Waals surface area contributed by atoms with E-state index in [1.165, 1.54) is 0 Å². The molecule has 3 heteroatoms. The largest absolute Gasteiger partial charge is 0.481 e. The normalized spacial score (nSPS) is 13.1. The first kappa shape index (κ1) is 9.20. The van der Waals surface area contributed by atoms with Gasteiger partial charge in [-0.05, 0) is 6.42 Å². The molecule has 0 aromatic heterocycles. The monoisotopic (exact) mass is 242 g/mol. The van der Waals surface area contributed by atoms with Crippen molar-refractivity contribution < 1.29 is 9.90 Å². The average molecular weight is 242 g/mol. The topological polar surface area (TPSA) is 37.3 Å². The van der Waals surface area contributed by atoms with Gasteiger partial charge in [0.1, 0.15) is 0 Å². The van der Waals surface area contributed by atoms with Crippen molar-refractivity contribution in [3.05, 3.63) is 0 Å². The summed E-state index contributed by atoms with van der Waals surface area (Å²) in [5.74, 6) is -0.692. The molecular formula is C6H11IO2. The number of halogens is 1. The molecule has 0 aromatic rings. The number of carboxylic acid groups (broad SMARTS) is 1. The maximum Gasteiger partial charge on any atom is 0.304 e. The second-order valence-corrected chi connectivity index (χ2v) is 3.75. The molecule has 0 aromatic carbocycles. The Morgan fingerprint density at radius 2 is 2.33 bits per heavy atom. The van der Waals surface area contributed by atoms with Crippen LogP contribution in [0, 0.1) is 0 Å². The molecule has 0 bridgehead atoms. The van der Waals surface area contributed by atoms with Crippen molar-refractivity contribution in [2.45, 2.75) is 30.1 Å². The molecule has 0 aliphatic rings. The zero-order chi connectivity index (χ0) is 7.28. The summed E-state index contributed by atoms with van der Waals surface area (Å²) in [6.07, 6.45) is 2.38. The van der Waals surface area contributed by atoms with E-state index in [1.54, 1.807) is 0 Å². The molecule has 1 N–H and O–H groups in total. The molecule has 0 saturated heterocycles. The smallest absolute Gasteiger partial charge is 0.304 e. The minimum Gasteiger partial charge on any atom is -0.481 e. The van der Waals surface area contributed by atoms with E-state index in [2.05, 4.69) is 29.5 Å². The minimum atomic E-state index is -0.692. The summed E-state index contributed by atoms with van der Waals surface area (Å²) < 4.78 is 0.310. The van der Waals surface area contributed by atoms with Crippen LogP contribution in [0.4, 0.5) is 0 Å². The van der Waals surface area contributed by atoms with Crippen LogP contribution in [0.25, 0.3) is 0 Å². The predicted octanol–water partition coefficient (Wildman–Crippen LogP) is 2.06. The predicted molar refractivity (Wildman–Crippen MR) is 45.0 cm³/mol. The third-order valence-corrected chi connectivity index (χ3v) is 2.06. The molecule has 0 aliphatic heterocycles. The Balaban J connectivity index is 3.26. The Bertz CT molecular complexity index is 93.1. The van der Waals surface area contributed by atoms with Gasteiger partial charge in [-0.1, -0.05) is 35.9 Å². The molecule has 0 spiro atoms. The van der Waals surface area contributed by atoms with Crippen LogP contribution < -0.4 is 0 Å². The lowest BCUT2D eigenvalue weighted by atomic mass is 10.2. The maximum absolute atomic E-state index is 10.1. The molecule has 54 valence electrons. The first-order chi connectivity index (χ1) is 4.16. The van der Waals surface area contributed by atoms with E-state index in [9.17, 15) is 4.79 Å². The Labute approximate surface area is 68.8 Å². The van der Waals surface area contributed by atoms with Gasteiger partial charge < -0.3 is 5.11 Å². The molecule has 0 amide bonds. The van der Waals surface area contributed by atoms with Gasteiger partial charge in [0.05, 0.1) is 6.42 Å². The summed E-state index contributed by atoms with van der Waals surface area (Å²) in [5, 5.41) is 8.31. The summed E-state index contributed by atoms with van der Waals surface area (Å²) in [6.45, 7) is 2.06. The van der Waals surface area contributed by atoms with Crippen LogP contribution in [0.3, 0.4) is 0 Å². The summed E-state index contributed by atoms with van der Waals surface area (Å²) in [7, 11) is 0. The van der Waals surface area contributed by atoms with E-state index in [0.717, 1.165) is 12.8 Å². The molecule has 0 rings (SSSR count). The molecule has 0 heterocycles. The molecule has 0 aliphatic carbocycles. The van der Waals surface area contributed by atoms with Crippen molar-refractivity contribution in [2.24, 2.45) is 0 Å². The van der Waals surface area contributed by atoms with Gasteiger partial charge in [-0.3, -0.25) is 4.79 Å². The van der Waals surface area contributed by atoms with Gasteiger partial charge in [-0.2, -0.15) is 0 Å². The van der Waals surface area contributed by atoms with E-state index in [0.29, 0.717) is 10.3 Å². The first-order valence-electron chi connectivity index (χ1n) is 3.02. The van der Waals surface area contributed by atoms with Gasteiger partial charge in [0.2, 0.25) is 0 Å². The fraction of sp³-hybridized carbons (Fsp3) is 0.833. The summed E-state index contributed by atoms with van der Waals surface area (Å²) >= 11 is 2.18. The summed E-state index contributed by atoms with van der Waals surface area (Å²) in [6, 6.07) is 0. The van der Waals surface area contributed by atoms with Crippen LogP contribution in [0.1, 0.15) is 26.2 Å². The summed E-state index contributed by atoms with van der Waals surface area (Å²) in [5.41, 5.74) is 0. The van der Waals surface area contributed by atoms with Gasteiger partial charge in [-0.25, -0.2) is 0 Å². The van der Waals surface area contributed by atoms with Crippen molar-refractivity contribution in [1.29, 1.82) is 0 Å². The fourth-order valence-electron chi connectivity index (χ4n) is 0.605. The molecule has 1 atom stereocenters. The SMILES string of the molecule is CCCC(I)CC(=O)O. The lowest BCUT2D eigenvalue weighted by Crippen LogP contribution is -2.05. The van der Waals surface area contributed by atoms with Gasteiger partial charge in [-0.15, -0.1) is 0 Å². The quantitative estimate of drug-likeness (QED) is 0.605. The standard InChI is InChI=1S/C6H11IO2/c1-2-3-5(7)4-6(8)9/h5H,2-4H2,1H3,(H,8,9). The number of alkyl halides is 1. The van der Waals surface area contributed by atoms with Crippen LogP contribution in [0.5, 0.6) is 0 Å². The molecule has 9 heavy (non-hydrogen) atoms. The van der Waals surface area contributed by atoms with E-state index in [4.69, 9.17) is 5.11 Å². The Morgan fingerprint density at radius 3 is 2.67 bits per heavy atom. The average Bonchev–Trinajstić information content (AvgIpc) is 1.63. The van der Waals surface area contributed by atoms with E-state index < -0.39 is 5.97 Å². The molecule has 0 fully saturated rings. The van der Waals surface area contributed by atoms with E-state index >= 15 is 0 Å². The van der Waals surface area contributed by atoms with Crippen molar-refractivity contribution in [1.82, 2.24) is 0 Å². The van der Waals surface area contributed by atoms with Crippen LogP contribution in [0.15, 0.2) is 0 Å². The number of aliphatic carboxylic acids is 1. The maximum atomic E-state index is 10.1. The lowest BCUT2D eigenvalue weighted by molar-refractivity contribution is -0.136. The molecule has 0 saturated carbocycles. The van der Waals surface area contributed by atoms with Crippen LogP contribution in [-0.4, -0.2) is 15.0 Å². The van der Waals surface area contributed by atoms with Crippen molar-refractivity contribution in [2.75, 3.05) is 0 Å². The molecular weight excluding hydrogens is 231 g/mol. The number of rotatable bonds is 4. The zero-order valence-corrected chi connectivity index (χ0v) is 7.59. The first-order valence-corrected chi connectivity index (χ1v) is 4.27. The highest BCUT2D eigenvalue weighted by atomic mass is 127. The van der Waals surface area contributed by atoms with Gasteiger partial charge in [0.25, 0.3) is 0 Å². The third kappa shape index (κ3) is 6.08. The second-order valence-electron chi connectivity index (χ2n) is 1.98. The highest BCUT2D eigenvalue weighted by Crippen LogP contribution is 2.11. The van der Waals surface area contributed by atoms with Crippen LogP contribution >= 0.6 is 22.6 Å². The van der Waals surface area contributed by atoms with Gasteiger partial charge in [0.15, 0.2) is 0 Å². The van der Waals surface area contributed by atoms with Crippen LogP contribution in [-0.2, 0) is 4.79 Å². The number of hydrogen-bond donors (Lipinski definition) is 1. The number of carbonyl (C=O) groups is 1. The second kappa shape index (κ2) is 5.02. The Kier molecular flexibility index (Phi) is 5.13. The van der Waals surface area contributed by atoms with Gasteiger partial charge >= 0.3 is 5.97 Å². The molecule has 2 nitrogen and oxygen atoms in total. The highest BCUT2D eigenvalue weighted by molar-refractivity contribution is 14.1. The van der Waals surface area contributed by atoms with Crippen molar-refractivity contribution in [3.63, 3.8) is 0 Å². The minimum absolute atomic E-state index is 0.300. The molecule has 0 radical (unpaired) electrons. The van der Waals surface area contributed by atoms with E-state index in [-0.39, 0.29) is 0 Å². The summed E-state index contributed by atoms with van der Waals surface area (Å²) in [4.78, 5) is 10.1.